The molecule has 4 nitrogen and oxygen atoms in total. The lowest BCUT2D eigenvalue weighted by atomic mass is 10.0. The van der Waals surface area contributed by atoms with Gasteiger partial charge in [0.2, 0.25) is 10.0 Å². The van der Waals surface area contributed by atoms with Crippen molar-refractivity contribution in [3.8, 4) is 6.07 Å². The lowest BCUT2D eigenvalue weighted by Crippen LogP contribution is -2.38. The van der Waals surface area contributed by atoms with E-state index in [1.807, 2.05) is 13.0 Å². The van der Waals surface area contributed by atoms with Crippen LogP contribution in [0.1, 0.15) is 18.4 Å². The number of piperidine rings is 1. The molecule has 96 valence electrons. The van der Waals surface area contributed by atoms with Crippen LogP contribution in [-0.4, -0.2) is 25.8 Å². The molecular weight excluding hydrogens is 248 g/mol. The molecule has 1 fully saturated rings. The molecule has 0 bridgehead atoms. The largest absolute Gasteiger partial charge is 0.243 e. The van der Waals surface area contributed by atoms with Crippen molar-refractivity contribution in [1.29, 1.82) is 5.26 Å². The summed E-state index contributed by atoms with van der Waals surface area (Å²) >= 11 is 0. The van der Waals surface area contributed by atoms with Crippen LogP contribution in [0, 0.1) is 24.2 Å². The summed E-state index contributed by atoms with van der Waals surface area (Å²) < 4.78 is 26.2. The molecule has 0 N–H and O–H groups in total. The van der Waals surface area contributed by atoms with Crippen molar-refractivity contribution in [2.45, 2.75) is 24.7 Å². The molecule has 0 saturated carbocycles. The zero-order valence-electron chi connectivity index (χ0n) is 10.3. The van der Waals surface area contributed by atoms with Crippen molar-refractivity contribution in [3.63, 3.8) is 0 Å². The highest BCUT2D eigenvalue weighted by Gasteiger charge is 2.29. The summed E-state index contributed by atoms with van der Waals surface area (Å²) in [5, 5.41) is 8.82. The van der Waals surface area contributed by atoms with Crippen molar-refractivity contribution in [2.24, 2.45) is 5.92 Å². The van der Waals surface area contributed by atoms with Crippen LogP contribution < -0.4 is 0 Å². The van der Waals surface area contributed by atoms with E-state index in [2.05, 4.69) is 6.07 Å². The lowest BCUT2D eigenvalue weighted by Gasteiger charge is -2.28. The van der Waals surface area contributed by atoms with Gasteiger partial charge in [-0.05, 0) is 37.5 Å². The molecule has 1 aliphatic rings. The fraction of sp³-hybridized carbons (Fsp3) is 0.462. The van der Waals surface area contributed by atoms with Crippen molar-refractivity contribution in [2.75, 3.05) is 13.1 Å². The predicted octanol–water partition coefficient (Wildman–Crippen LogP) is 1.92. The normalized spacial score (nSPS) is 18.4. The minimum atomic E-state index is -3.39. The Hall–Kier alpha value is -1.38. The third kappa shape index (κ3) is 2.55. The molecule has 0 unspecified atom stereocenters. The highest BCUT2D eigenvalue weighted by atomic mass is 32.2. The summed E-state index contributed by atoms with van der Waals surface area (Å²) in [5.41, 5.74) is 0.933. The predicted molar refractivity (Wildman–Crippen MR) is 68.3 cm³/mol. The number of benzene rings is 1. The summed E-state index contributed by atoms with van der Waals surface area (Å²) in [7, 11) is -3.39. The Morgan fingerprint density at radius 1 is 1.33 bits per heavy atom. The Balaban J connectivity index is 2.20. The number of aryl methyl sites for hydroxylation is 1. The maximum absolute atomic E-state index is 12.4. The van der Waals surface area contributed by atoms with E-state index >= 15 is 0 Å². The zero-order valence-corrected chi connectivity index (χ0v) is 11.2. The fourth-order valence-electron chi connectivity index (χ4n) is 2.15. The summed E-state index contributed by atoms with van der Waals surface area (Å²) in [6.45, 7) is 2.75. The molecule has 1 aliphatic heterocycles. The molecule has 0 aromatic heterocycles. The summed E-state index contributed by atoms with van der Waals surface area (Å²) in [4.78, 5) is 0.345. The number of hydrogen-bond acceptors (Lipinski definition) is 3. The molecule has 0 radical (unpaired) electrons. The van der Waals surface area contributed by atoms with Gasteiger partial charge in [0.25, 0.3) is 0 Å². The monoisotopic (exact) mass is 264 g/mol. The number of nitriles is 1. The van der Waals surface area contributed by atoms with Crippen LogP contribution in [-0.2, 0) is 10.0 Å². The highest BCUT2D eigenvalue weighted by Crippen LogP contribution is 2.23. The fourth-order valence-corrected chi connectivity index (χ4v) is 3.73. The van der Waals surface area contributed by atoms with Crippen LogP contribution in [0.3, 0.4) is 0 Å². The molecule has 18 heavy (non-hydrogen) atoms. The smallest absolute Gasteiger partial charge is 0.207 e. The molecule has 5 heteroatoms. The SMILES string of the molecule is Cc1cccc(S(=O)(=O)N2CCC(C#N)CC2)c1. The van der Waals surface area contributed by atoms with Gasteiger partial charge in [0.15, 0.2) is 0 Å². The number of nitrogens with zero attached hydrogens (tertiary/aromatic N) is 2. The number of rotatable bonds is 2. The maximum atomic E-state index is 12.4. The van der Waals surface area contributed by atoms with E-state index in [0.717, 1.165) is 5.56 Å². The van der Waals surface area contributed by atoms with Gasteiger partial charge in [0.1, 0.15) is 0 Å². The number of sulfonamides is 1. The molecule has 0 atom stereocenters. The van der Waals surface area contributed by atoms with Crippen molar-refractivity contribution >= 4 is 10.0 Å². The van der Waals surface area contributed by atoms with Crippen LogP contribution in [0.5, 0.6) is 0 Å². The van der Waals surface area contributed by atoms with Gasteiger partial charge < -0.3 is 0 Å². The molecule has 1 saturated heterocycles. The Kier molecular flexibility index (Phi) is 3.69. The molecular formula is C13H16N2O2S. The second-order valence-electron chi connectivity index (χ2n) is 4.62. The molecule has 2 rings (SSSR count). The first-order valence-corrected chi connectivity index (χ1v) is 7.44. The van der Waals surface area contributed by atoms with Gasteiger partial charge >= 0.3 is 0 Å². The Morgan fingerprint density at radius 2 is 2.00 bits per heavy atom. The first kappa shape index (κ1) is 13.1. The average Bonchev–Trinajstić information content (AvgIpc) is 2.39. The van der Waals surface area contributed by atoms with E-state index in [-0.39, 0.29) is 5.92 Å². The summed E-state index contributed by atoms with van der Waals surface area (Å²) in [6.07, 6.45) is 1.25. The Labute approximate surface area is 108 Å². The van der Waals surface area contributed by atoms with Crippen molar-refractivity contribution in [1.82, 2.24) is 4.31 Å². The minimum Gasteiger partial charge on any atom is -0.207 e. The topological polar surface area (TPSA) is 61.2 Å². The number of hydrogen-bond donors (Lipinski definition) is 0. The molecule has 1 aromatic rings. The van der Waals surface area contributed by atoms with Gasteiger partial charge in [-0.15, -0.1) is 0 Å². The van der Waals surface area contributed by atoms with Crippen LogP contribution in [0.4, 0.5) is 0 Å². The average molecular weight is 264 g/mol. The highest BCUT2D eigenvalue weighted by molar-refractivity contribution is 7.89. The second kappa shape index (κ2) is 5.09. The standard InChI is InChI=1S/C13H16N2O2S/c1-11-3-2-4-13(9-11)18(16,17)15-7-5-12(10-14)6-8-15/h2-4,9,12H,5-8H2,1H3. The van der Waals surface area contributed by atoms with Crippen LogP contribution in [0.2, 0.25) is 0 Å². The van der Waals surface area contributed by atoms with Crippen molar-refractivity contribution in [3.05, 3.63) is 29.8 Å². The van der Waals surface area contributed by atoms with E-state index in [1.54, 1.807) is 18.2 Å². The minimum absolute atomic E-state index is 0.00559. The first-order valence-electron chi connectivity index (χ1n) is 6.00. The molecule has 0 amide bonds. The van der Waals surface area contributed by atoms with Crippen LogP contribution in [0.25, 0.3) is 0 Å². The Morgan fingerprint density at radius 3 is 2.56 bits per heavy atom. The van der Waals surface area contributed by atoms with E-state index in [1.165, 1.54) is 4.31 Å². The molecule has 0 spiro atoms. The van der Waals surface area contributed by atoms with Gasteiger partial charge in [-0.2, -0.15) is 9.57 Å². The third-order valence-corrected chi connectivity index (χ3v) is 5.16. The molecule has 0 aliphatic carbocycles. The molecule has 1 aromatic carbocycles. The lowest BCUT2D eigenvalue weighted by molar-refractivity contribution is 0.310. The van der Waals surface area contributed by atoms with Gasteiger partial charge in [0.05, 0.1) is 11.0 Å². The van der Waals surface area contributed by atoms with Gasteiger partial charge in [-0.25, -0.2) is 8.42 Å². The Bertz CT molecular complexity index is 567. The summed E-state index contributed by atoms with van der Waals surface area (Å²) in [6, 6.07) is 9.14. The van der Waals surface area contributed by atoms with E-state index < -0.39 is 10.0 Å². The maximum Gasteiger partial charge on any atom is 0.243 e. The zero-order chi connectivity index (χ0) is 13.2. The quantitative estimate of drug-likeness (QED) is 0.820. The van der Waals surface area contributed by atoms with Gasteiger partial charge in [-0.1, -0.05) is 12.1 Å². The van der Waals surface area contributed by atoms with Crippen LogP contribution >= 0.6 is 0 Å². The third-order valence-electron chi connectivity index (χ3n) is 3.26. The van der Waals surface area contributed by atoms with Gasteiger partial charge in [-0.3, -0.25) is 0 Å². The van der Waals surface area contributed by atoms with Crippen LogP contribution in [0.15, 0.2) is 29.2 Å². The van der Waals surface area contributed by atoms with Gasteiger partial charge in [0, 0.05) is 19.0 Å². The summed E-state index contributed by atoms with van der Waals surface area (Å²) in [5.74, 6) is -0.00559. The second-order valence-corrected chi connectivity index (χ2v) is 6.56. The van der Waals surface area contributed by atoms with E-state index in [0.29, 0.717) is 30.8 Å². The first-order chi connectivity index (χ1) is 8.54. The van der Waals surface area contributed by atoms with E-state index in [4.69, 9.17) is 5.26 Å². The van der Waals surface area contributed by atoms with Crippen molar-refractivity contribution < 1.29 is 8.42 Å². The molecule has 1 heterocycles. The van der Waals surface area contributed by atoms with E-state index in [9.17, 15) is 8.42 Å².